The quantitative estimate of drug-likeness (QED) is 0.889. The van der Waals surface area contributed by atoms with Crippen molar-refractivity contribution >= 4 is 0 Å². The molecule has 0 aromatic heterocycles. The van der Waals surface area contributed by atoms with Crippen molar-refractivity contribution in [2.75, 3.05) is 0 Å². The van der Waals surface area contributed by atoms with Crippen LogP contribution < -0.4 is 0 Å². The molecule has 0 bridgehead atoms. The van der Waals surface area contributed by atoms with E-state index in [1.54, 1.807) is 0 Å². The summed E-state index contributed by atoms with van der Waals surface area (Å²) < 4.78 is 37.7. The summed E-state index contributed by atoms with van der Waals surface area (Å²) in [6.45, 7) is 0. The highest BCUT2D eigenvalue weighted by Crippen LogP contribution is 2.34. The van der Waals surface area contributed by atoms with Gasteiger partial charge in [0.2, 0.25) is 0 Å². The lowest BCUT2D eigenvalue weighted by atomic mass is 9.90. The number of alkyl halides is 3. The molecule has 0 spiro atoms. The molecule has 0 amide bonds. The number of aliphatic hydroxyl groups is 2. The number of hydrogen-bond acceptors (Lipinski definition) is 2. The van der Waals surface area contributed by atoms with Gasteiger partial charge in [0.15, 0.2) is 0 Å². The first-order valence-corrected chi connectivity index (χ1v) is 6.38. The number of rotatable bonds is 3. The fourth-order valence-corrected chi connectivity index (χ4v) is 2.61. The molecule has 0 radical (unpaired) electrons. The zero-order chi connectivity index (χ0) is 14.1. The van der Waals surface area contributed by atoms with Crippen LogP contribution in [0.25, 0.3) is 0 Å². The molecule has 5 heteroatoms. The van der Waals surface area contributed by atoms with Crippen molar-refractivity contribution in [2.24, 2.45) is 0 Å². The van der Waals surface area contributed by atoms with Crippen molar-refractivity contribution in [2.45, 2.75) is 50.0 Å². The Morgan fingerprint density at radius 1 is 1.21 bits per heavy atom. The van der Waals surface area contributed by atoms with E-state index in [1.807, 2.05) is 0 Å². The Kier molecular flexibility index (Phi) is 3.87. The Labute approximate surface area is 109 Å². The maximum atomic E-state index is 12.6. The van der Waals surface area contributed by atoms with Gasteiger partial charge < -0.3 is 10.2 Å². The first kappa shape index (κ1) is 14.3. The average Bonchev–Trinajstić information content (AvgIpc) is 2.77. The molecular weight excluding hydrogens is 257 g/mol. The van der Waals surface area contributed by atoms with E-state index in [2.05, 4.69) is 0 Å². The van der Waals surface area contributed by atoms with Gasteiger partial charge in [0.1, 0.15) is 0 Å². The summed E-state index contributed by atoms with van der Waals surface area (Å²) >= 11 is 0. The van der Waals surface area contributed by atoms with E-state index in [1.165, 1.54) is 12.1 Å². The molecule has 1 fully saturated rings. The standard InChI is InChI=1S/C14H17F3O2/c15-14(16,17)11-5-3-4-10(8-11)9-12(18)13(19)6-1-2-7-13/h3-5,8,12,18-19H,1-2,6-7,9H2. The predicted octanol–water partition coefficient (Wildman–Crippen LogP) is 2.91. The number of hydrogen-bond donors (Lipinski definition) is 2. The molecule has 2 rings (SSSR count). The second-order valence-electron chi connectivity index (χ2n) is 5.23. The lowest BCUT2D eigenvalue weighted by Gasteiger charge is -2.28. The highest BCUT2D eigenvalue weighted by atomic mass is 19.4. The molecule has 1 unspecified atom stereocenters. The summed E-state index contributed by atoms with van der Waals surface area (Å²) in [7, 11) is 0. The van der Waals surface area contributed by atoms with Crippen molar-refractivity contribution < 1.29 is 23.4 Å². The molecule has 19 heavy (non-hydrogen) atoms. The molecule has 2 N–H and O–H groups in total. The van der Waals surface area contributed by atoms with E-state index in [0.717, 1.165) is 25.0 Å². The van der Waals surface area contributed by atoms with Gasteiger partial charge in [0.05, 0.1) is 17.3 Å². The Bertz CT molecular complexity index is 437. The van der Waals surface area contributed by atoms with Gasteiger partial charge in [-0.1, -0.05) is 31.0 Å². The molecule has 2 nitrogen and oxygen atoms in total. The molecule has 1 atom stereocenters. The number of halogens is 3. The van der Waals surface area contributed by atoms with Gasteiger partial charge in [-0.25, -0.2) is 0 Å². The molecule has 106 valence electrons. The fraction of sp³-hybridized carbons (Fsp3) is 0.571. The van der Waals surface area contributed by atoms with Gasteiger partial charge in [0, 0.05) is 6.42 Å². The minimum absolute atomic E-state index is 0.0421. The zero-order valence-electron chi connectivity index (χ0n) is 10.5. The molecule has 1 aliphatic carbocycles. The number of aliphatic hydroxyl groups excluding tert-OH is 1. The molecule has 1 aromatic carbocycles. The Balaban J connectivity index is 2.11. The summed E-state index contributed by atoms with van der Waals surface area (Å²) in [5, 5.41) is 20.2. The van der Waals surface area contributed by atoms with Crippen LogP contribution in [-0.2, 0) is 12.6 Å². The molecule has 0 saturated heterocycles. The van der Waals surface area contributed by atoms with Crippen LogP contribution in [0.2, 0.25) is 0 Å². The first-order chi connectivity index (χ1) is 8.81. The van der Waals surface area contributed by atoms with Gasteiger partial charge in [0.25, 0.3) is 0 Å². The van der Waals surface area contributed by atoms with E-state index in [-0.39, 0.29) is 6.42 Å². The van der Waals surface area contributed by atoms with E-state index in [9.17, 15) is 23.4 Å². The highest BCUT2D eigenvalue weighted by molar-refractivity contribution is 5.26. The second-order valence-corrected chi connectivity index (χ2v) is 5.23. The molecule has 0 aliphatic heterocycles. The number of benzene rings is 1. The van der Waals surface area contributed by atoms with Crippen LogP contribution in [0.4, 0.5) is 13.2 Å². The Hall–Kier alpha value is -1.07. The predicted molar refractivity (Wildman–Crippen MR) is 64.6 cm³/mol. The van der Waals surface area contributed by atoms with Crippen molar-refractivity contribution in [3.05, 3.63) is 35.4 Å². The third-order valence-corrected chi connectivity index (χ3v) is 3.77. The largest absolute Gasteiger partial charge is 0.416 e. The normalized spacial score (nSPS) is 20.5. The summed E-state index contributed by atoms with van der Waals surface area (Å²) in [5.41, 5.74) is -1.48. The summed E-state index contributed by atoms with van der Waals surface area (Å²) in [6, 6.07) is 4.89. The van der Waals surface area contributed by atoms with Gasteiger partial charge in [-0.05, 0) is 24.5 Å². The summed E-state index contributed by atoms with van der Waals surface area (Å²) in [5.74, 6) is 0. The summed E-state index contributed by atoms with van der Waals surface area (Å²) in [6.07, 6.45) is -2.66. The van der Waals surface area contributed by atoms with E-state index < -0.39 is 23.4 Å². The third-order valence-electron chi connectivity index (χ3n) is 3.77. The Morgan fingerprint density at radius 3 is 2.42 bits per heavy atom. The SMILES string of the molecule is OC(Cc1cccc(C(F)(F)F)c1)C1(O)CCCC1. The van der Waals surface area contributed by atoms with Gasteiger partial charge in [-0.3, -0.25) is 0 Å². The highest BCUT2D eigenvalue weighted by Gasteiger charge is 2.38. The molecule has 1 saturated carbocycles. The van der Waals surface area contributed by atoms with Crippen molar-refractivity contribution in [1.29, 1.82) is 0 Å². The molecule has 0 heterocycles. The van der Waals surface area contributed by atoms with E-state index in [0.29, 0.717) is 18.4 Å². The minimum atomic E-state index is -4.38. The molecule has 1 aliphatic rings. The van der Waals surface area contributed by atoms with Crippen LogP contribution >= 0.6 is 0 Å². The van der Waals surface area contributed by atoms with Gasteiger partial charge >= 0.3 is 6.18 Å². The first-order valence-electron chi connectivity index (χ1n) is 6.38. The van der Waals surface area contributed by atoms with Crippen molar-refractivity contribution in [3.8, 4) is 0 Å². The lowest BCUT2D eigenvalue weighted by Crippen LogP contribution is -2.40. The Morgan fingerprint density at radius 2 is 1.84 bits per heavy atom. The minimum Gasteiger partial charge on any atom is -0.390 e. The third kappa shape index (κ3) is 3.28. The van der Waals surface area contributed by atoms with Crippen LogP contribution in [0, 0.1) is 0 Å². The smallest absolute Gasteiger partial charge is 0.390 e. The lowest BCUT2D eigenvalue weighted by molar-refractivity contribution is -0.137. The molecular formula is C14H17F3O2. The monoisotopic (exact) mass is 274 g/mol. The maximum absolute atomic E-state index is 12.6. The van der Waals surface area contributed by atoms with Gasteiger partial charge in [-0.2, -0.15) is 13.2 Å². The maximum Gasteiger partial charge on any atom is 0.416 e. The van der Waals surface area contributed by atoms with Crippen LogP contribution in [0.3, 0.4) is 0 Å². The van der Waals surface area contributed by atoms with Crippen LogP contribution in [-0.4, -0.2) is 21.9 Å². The van der Waals surface area contributed by atoms with Crippen LogP contribution in [0.5, 0.6) is 0 Å². The van der Waals surface area contributed by atoms with Gasteiger partial charge in [-0.15, -0.1) is 0 Å². The topological polar surface area (TPSA) is 40.5 Å². The van der Waals surface area contributed by atoms with Crippen LogP contribution in [0.15, 0.2) is 24.3 Å². The average molecular weight is 274 g/mol. The van der Waals surface area contributed by atoms with Crippen molar-refractivity contribution in [1.82, 2.24) is 0 Å². The summed E-state index contributed by atoms with van der Waals surface area (Å²) in [4.78, 5) is 0. The molecule has 1 aromatic rings. The van der Waals surface area contributed by atoms with Crippen LogP contribution in [0.1, 0.15) is 36.8 Å². The second kappa shape index (κ2) is 5.13. The fourth-order valence-electron chi connectivity index (χ4n) is 2.61. The van der Waals surface area contributed by atoms with E-state index in [4.69, 9.17) is 0 Å². The van der Waals surface area contributed by atoms with E-state index >= 15 is 0 Å². The zero-order valence-corrected chi connectivity index (χ0v) is 10.5. The van der Waals surface area contributed by atoms with Crippen molar-refractivity contribution in [3.63, 3.8) is 0 Å².